The van der Waals surface area contributed by atoms with Crippen molar-refractivity contribution in [3.63, 3.8) is 0 Å². The number of rotatable bonds is 1. The molecule has 0 aliphatic rings. The van der Waals surface area contributed by atoms with Gasteiger partial charge < -0.3 is 10.3 Å². The zero-order valence-electron chi connectivity index (χ0n) is 9.26. The highest BCUT2D eigenvalue weighted by molar-refractivity contribution is 9.10. The number of hydrogen-bond donors (Lipinski definition) is 1. The predicted molar refractivity (Wildman–Crippen MR) is 72.2 cm³/mol. The number of benzene rings is 1. The molecule has 3 rings (SSSR count). The minimum atomic E-state index is 0.504. The SMILES string of the molecule is Cn1ccc2ccc(-n3nc(N)cc3Br)cc21. The fourth-order valence-corrected chi connectivity index (χ4v) is 2.46. The predicted octanol–water partition coefficient (Wildman–Crippen LogP) is 2.71. The van der Waals surface area contributed by atoms with E-state index < -0.39 is 0 Å². The van der Waals surface area contributed by atoms with Crippen LogP contribution in [0, 0.1) is 0 Å². The molecule has 0 atom stereocenters. The lowest BCUT2D eigenvalue weighted by Gasteiger charge is -2.04. The summed E-state index contributed by atoms with van der Waals surface area (Å²) < 4.78 is 4.71. The summed E-state index contributed by atoms with van der Waals surface area (Å²) in [4.78, 5) is 0. The van der Waals surface area contributed by atoms with Crippen molar-refractivity contribution in [3.05, 3.63) is 41.1 Å². The van der Waals surface area contributed by atoms with Gasteiger partial charge in [0, 0.05) is 24.8 Å². The minimum absolute atomic E-state index is 0.504. The van der Waals surface area contributed by atoms with E-state index in [1.54, 1.807) is 10.7 Å². The molecule has 4 nitrogen and oxygen atoms in total. The fraction of sp³-hybridized carbons (Fsp3) is 0.0833. The molecule has 17 heavy (non-hydrogen) atoms. The van der Waals surface area contributed by atoms with E-state index in [2.05, 4.69) is 43.8 Å². The number of fused-ring (bicyclic) bond motifs is 1. The van der Waals surface area contributed by atoms with Crippen molar-refractivity contribution in [1.29, 1.82) is 0 Å². The normalized spacial score (nSPS) is 11.2. The number of nitrogens with two attached hydrogens (primary N) is 1. The van der Waals surface area contributed by atoms with Crippen molar-refractivity contribution < 1.29 is 0 Å². The average Bonchev–Trinajstić information content (AvgIpc) is 2.83. The first-order valence-electron chi connectivity index (χ1n) is 5.21. The van der Waals surface area contributed by atoms with E-state index in [0.717, 1.165) is 10.3 Å². The molecule has 2 aromatic heterocycles. The van der Waals surface area contributed by atoms with Crippen LogP contribution in [0.5, 0.6) is 0 Å². The number of hydrogen-bond acceptors (Lipinski definition) is 2. The van der Waals surface area contributed by atoms with Crippen LogP contribution in [0.15, 0.2) is 41.1 Å². The first-order chi connectivity index (χ1) is 8.15. The summed E-state index contributed by atoms with van der Waals surface area (Å²) in [6, 6.07) is 10.1. The molecule has 0 saturated heterocycles. The van der Waals surface area contributed by atoms with Gasteiger partial charge in [0.1, 0.15) is 10.4 Å². The summed E-state index contributed by atoms with van der Waals surface area (Å²) in [5, 5.41) is 5.45. The Bertz CT molecular complexity index is 696. The Kier molecular flexibility index (Phi) is 2.22. The quantitative estimate of drug-likeness (QED) is 0.749. The van der Waals surface area contributed by atoms with Gasteiger partial charge in [-0.05, 0) is 39.5 Å². The number of nitrogens with zero attached hydrogens (tertiary/aromatic N) is 3. The zero-order chi connectivity index (χ0) is 12.0. The van der Waals surface area contributed by atoms with Crippen LogP contribution >= 0.6 is 15.9 Å². The lowest BCUT2D eigenvalue weighted by molar-refractivity contribution is 0.865. The molecule has 86 valence electrons. The molecule has 0 amide bonds. The van der Waals surface area contributed by atoms with E-state index in [0.29, 0.717) is 5.82 Å². The van der Waals surface area contributed by atoms with Crippen LogP contribution in [0.1, 0.15) is 0 Å². The van der Waals surface area contributed by atoms with Gasteiger partial charge >= 0.3 is 0 Å². The van der Waals surface area contributed by atoms with Crippen LogP contribution < -0.4 is 5.73 Å². The molecule has 3 aromatic rings. The van der Waals surface area contributed by atoms with Crippen molar-refractivity contribution in [2.24, 2.45) is 7.05 Å². The van der Waals surface area contributed by atoms with Crippen LogP contribution in [0.4, 0.5) is 5.82 Å². The Morgan fingerprint density at radius 3 is 2.76 bits per heavy atom. The molecule has 0 radical (unpaired) electrons. The van der Waals surface area contributed by atoms with Gasteiger partial charge in [-0.1, -0.05) is 6.07 Å². The van der Waals surface area contributed by atoms with Gasteiger partial charge in [0.05, 0.1) is 5.69 Å². The summed E-state index contributed by atoms with van der Waals surface area (Å²) in [6.07, 6.45) is 2.04. The number of aromatic nitrogens is 3. The molecular weight excluding hydrogens is 280 g/mol. The van der Waals surface area contributed by atoms with Crippen molar-refractivity contribution in [2.75, 3.05) is 5.73 Å². The highest BCUT2D eigenvalue weighted by Gasteiger charge is 2.07. The summed E-state index contributed by atoms with van der Waals surface area (Å²) in [5.74, 6) is 0.504. The Morgan fingerprint density at radius 1 is 1.24 bits per heavy atom. The molecule has 5 heteroatoms. The van der Waals surface area contributed by atoms with Gasteiger partial charge in [-0.15, -0.1) is 5.10 Å². The molecule has 0 bridgehead atoms. The van der Waals surface area contributed by atoms with Crippen molar-refractivity contribution in [1.82, 2.24) is 14.3 Å². The second kappa shape index (κ2) is 3.63. The fourth-order valence-electron chi connectivity index (χ4n) is 1.94. The van der Waals surface area contributed by atoms with E-state index in [-0.39, 0.29) is 0 Å². The number of halogens is 1. The van der Waals surface area contributed by atoms with E-state index in [4.69, 9.17) is 5.73 Å². The largest absolute Gasteiger partial charge is 0.382 e. The van der Waals surface area contributed by atoms with E-state index >= 15 is 0 Å². The maximum atomic E-state index is 5.67. The third-order valence-electron chi connectivity index (χ3n) is 2.80. The first kappa shape index (κ1) is 10.4. The Morgan fingerprint density at radius 2 is 2.06 bits per heavy atom. The molecule has 0 aliphatic carbocycles. The van der Waals surface area contributed by atoms with Crippen molar-refractivity contribution in [3.8, 4) is 5.69 Å². The summed E-state index contributed by atoms with van der Waals surface area (Å²) >= 11 is 3.44. The molecule has 0 fully saturated rings. The number of anilines is 1. The van der Waals surface area contributed by atoms with E-state index in [9.17, 15) is 0 Å². The molecule has 2 heterocycles. The van der Waals surface area contributed by atoms with Crippen LogP contribution in [0.3, 0.4) is 0 Å². The molecular formula is C12H11BrN4. The molecule has 2 N–H and O–H groups in total. The second-order valence-corrected chi connectivity index (χ2v) is 4.79. The lowest BCUT2D eigenvalue weighted by atomic mass is 10.2. The minimum Gasteiger partial charge on any atom is -0.382 e. The van der Waals surface area contributed by atoms with Gasteiger partial charge in [0.15, 0.2) is 0 Å². The third-order valence-corrected chi connectivity index (χ3v) is 3.37. The van der Waals surface area contributed by atoms with Crippen LogP contribution in [0.25, 0.3) is 16.6 Å². The summed E-state index contributed by atoms with van der Waals surface area (Å²) in [5.41, 5.74) is 7.83. The van der Waals surface area contributed by atoms with Gasteiger partial charge in [-0.2, -0.15) is 0 Å². The molecule has 0 unspecified atom stereocenters. The number of aryl methyl sites for hydroxylation is 1. The maximum absolute atomic E-state index is 5.67. The Labute approximate surface area is 107 Å². The topological polar surface area (TPSA) is 48.8 Å². The standard InChI is InChI=1S/C12H11BrN4/c1-16-5-4-8-2-3-9(6-10(8)16)17-11(13)7-12(14)15-17/h2-7H,1H3,(H2,14,15). The second-order valence-electron chi connectivity index (χ2n) is 3.97. The average molecular weight is 291 g/mol. The molecule has 0 spiro atoms. The smallest absolute Gasteiger partial charge is 0.147 e. The summed E-state index contributed by atoms with van der Waals surface area (Å²) in [7, 11) is 2.03. The molecule has 1 aromatic carbocycles. The lowest BCUT2D eigenvalue weighted by Crippen LogP contribution is -1.98. The Hall–Kier alpha value is -1.75. The van der Waals surface area contributed by atoms with Gasteiger partial charge in [-0.25, -0.2) is 4.68 Å². The first-order valence-corrected chi connectivity index (χ1v) is 6.01. The third kappa shape index (κ3) is 1.63. The highest BCUT2D eigenvalue weighted by atomic mass is 79.9. The van der Waals surface area contributed by atoms with Crippen LogP contribution in [0.2, 0.25) is 0 Å². The molecule has 0 saturated carbocycles. The maximum Gasteiger partial charge on any atom is 0.147 e. The number of nitrogen functional groups attached to an aromatic ring is 1. The van der Waals surface area contributed by atoms with Gasteiger partial charge in [0.2, 0.25) is 0 Å². The van der Waals surface area contributed by atoms with Crippen LogP contribution in [-0.2, 0) is 7.05 Å². The zero-order valence-corrected chi connectivity index (χ0v) is 10.8. The van der Waals surface area contributed by atoms with Crippen molar-refractivity contribution in [2.45, 2.75) is 0 Å². The monoisotopic (exact) mass is 290 g/mol. The van der Waals surface area contributed by atoms with E-state index in [1.165, 1.54) is 10.9 Å². The Balaban J connectivity index is 2.23. The van der Waals surface area contributed by atoms with Crippen LogP contribution in [-0.4, -0.2) is 14.3 Å². The molecule has 0 aliphatic heterocycles. The van der Waals surface area contributed by atoms with Crippen molar-refractivity contribution >= 4 is 32.7 Å². The van der Waals surface area contributed by atoms with Gasteiger partial charge in [-0.3, -0.25) is 0 Å². The van der Waals surface area contributed by atoms with E-state index in [1.807, 2.05) is 19.3 Å². The van der Waals surface area contributed by atoms with Gasteiger partial charge in [0.25, 0.3) is 0 Å². The highest BCUT2D eigenvalue weighted by Crippen LogP contribution is 2.23. The summed E-state index contributed by atoms with van der Waals surface area (Å²) in [6.45, 7) is 0.